The molecule has 0 amide bonds. The van der Waals surface area contributed by atoms with E-state index in [-0.39, 0.29) is 11.9 Å². The van der Waals surface area contributed by atoms with Gasteiger partial charge >= 0.3 is 0 Å². The lowest BCUT2D eigenvalue weighted by molar-refractivity contribution is 0.547. The summed E-state index contributed by atoms with van der Waals surface area (Å²) in [5.41, 5.74) is 2.12. The number of nitrogens with zero attached hydrogens (tertiary/aromatic N) is 2. The zero-order chi connectivity index (χ0) is 15.4. The Labute approximate surface area is 137 Å². The van der Waals surface area contributed by atoms with Gasteiger partial charge in [-0.05, 0) is 48.1 Å². The quantitative estimate of drug-likeness (QED) is 0.814. The molecule has 0 bridgehead atoms. The van der Waals surface area contributed by atoms with Crippen molar-refractivity contribution in [2.45, 2.75) is 39.2 Å². The summed E-state index contributed by atoms with van der Waals surface area (Å²) in [4.78, 5) is 1.17. The summed E-state index contributed by atoms with van der Waals surface area (Å²) in [7, 11) is 0. The van der Waals surface area contributed by atoms with E-state index in [0.717, 1.165) is 28.7 Å². The highest BCUT2D eigenvalue weighted by Crippen LogP contribution is 2.30. The van der Waals surface area contributed by atoms with Crippen molar-refractivity contribution in [3.8, 4) is 0 Å². The largest absolute Gasteiger partial charge is 0.309 e. The van der Waals surface area contributed by atoms with Crippen LogP contribution in [0.5, 0.6) is 0 Å². The molecule has 6 heteroatoms. The molecule has 21 heavy (non-hydrogen) atoms. The maximum atomic E-state index is 13.2. The molecule has 1 atom stereocenters. The Kier molecular flexibility index (Phi) is 5.84. The molecule has 0 saturated carbocycles. The van der Waals surface area contributed by atoms with Gasteiger partial charge in [0.1, 0.15) is 5.82 Å². The molecule has 0 aliphatic heterocycles. The highest BCUT2D eigenvalue weighted by Gasteiger charge is 2.21. The van der Waals surface area contributed by atoms with Crippen LogP contribution >= 0.6 is 27.5 Å². The van der Waals surface area contributed by atoms with Gasteiger partial charge in [-0.1, -0.05) is 47.3 Å². The lowest BCUT2D eigenvalue weighted by atomic mass is 10.00. The van der Waals surface area contributed by atoms with Crippen LogP contribution in [0.15, 0.2) is 22.7 Å². The first-order valence-electron chi connectivity index (χ1n) is 7.02. The number of nitrogens with one attached hydrogen (secondary N) is 1. The zero-order valence-electron chi connectivity index (χ0n) is 12.4. The highest BCUT2D eigenvalue weighted by molar-refractivity contribution is 9.10. The molecule has 1 unspecified atom stereocenters. The number of halogens is 2. The van der Waals surface area contributed by atoms with Crippen molar-refractivity contribution in [3.63, 3.8) is 0 Å². The third-order valence-corrected chi connectivity index (χ3v) is 4.89. The maximum absolute atomic E-state index is 13.2. The van der Waals surface area contributed by atoms with Crippen molar-refractivity contribution in [2.24, 2.45) is 0 Å². The summed E-state index contributed by atoms with van der Waals surface area (Å²) >= 11 is 4.88. The van der Waals surface area contributed by atoms with E-state index in [1.807, 2.05) is 6.07 Å². The Morgan fingerprint density at radius 2 is 2.14 bits per heavy atom. The molecule has 0 radical (unpaired) electrons. The molecule has 0 spiro atoms. The summed E-state index contributed by atoms with van der Waals surface area (Å²) in [5, 5.41) is 7.74. The fourth-order valence-corrected chi connectivity index (χ4v) is 3.65. The fraction of sp³-hybridized carbons (Fsp3) is 0.467. The number of aromatic nitrogens is 2. The van der Waals surface area contributed by atoms with Crippen LogP contribution in [0.4, 0.5) is 4.39 Å². The minimum atomic E-state index is -0.229. The van der Waals surface area contributed by atoms with Crippen LogP contribution in [0.1, 0.15) is 48.9 Å². The number of hydrogen-bond acceptors (Lipinski definition) is 4. The smallest absolute Gasteiger partial charge is 0.124 e. The molecule has 3 nitrogen and oxygen atoms in total. The molecule has 0 aliphatic rings. The summed E-state index contributed by atoms with van der Waals surface area (Å²) in [6, 6.07) is 4.98. The average molecular weight is 372 g/mol. The number of likely N-dealkylation sites (N-methyl/N-ethyl adjacent to an activating group) is 1. The first-order chi connectivity index (χ1) is 10.0. The maximum Gasteiger partial charge on any atom is 0.124 e. The van der Waals surface area contributed by atoms with Gasteiger partial charge in [0, 0.05) is 10.5 Å². The highest BCUT2D eigenvalue weighted by atomic mass is 79.9. The molecule has 1 heterocycles. The third kappa shape index (κ3) is 4.08. The van der Waals surface area contributed by atoms with Crippen LogP contribution < -0.4 is 5.32 Å². The van der Waals surface area contributed by atoms with E-state index in [4.69, 9.17) is 0 Å². The van der Waals surface area contributed by atoms with Crippen LogP contribution in [0.2, 0.25) is 0 Å². The van der Waals surface area contributed by atoms with E-state index in [0.29, 0.717) is 5.92 Å². The van der Waals surface area contributed by atoms with Gasteiger partial charge in [-0.2, -0.15) is 0 Å². The molecule has 0 aliphatic carbocycles. The first-order valence-corrected chi connectivity index (χ1v) is 8.59. The Morgan fingerprint density at radius 1 is 1.38 bits per heavy atom. The van der Waals surface area contributed by atoms with Gasteiger partial charge in [0.05, 0.1) is 10.6 Å². The minimum Gasteiger partial charge on any atom is -0.309 e. The normalized spacial score (nSPS) is 12.9. The first kappa shape index (κ1) is 16.5. The summed E-state index contributed by atoms with van der Waals surface area (Å²) in [5.74, 6) is 0.115. The second-order valence-corrected chi connectivity index (χ2v) is 6.87. The van der Waals surface area contributed by atoms with Crippen molar-refractivity contribution >= 4 is 27.5 Å². The zero-order valence-corrected chi connectivity index (χ0v) is 14.8. The minimum absolute atomic E-state index is 0.147. The molecule has 0 saturated heterocycles. The predicted molar refractivity (Wildman–Crippen MR) is 88.2 cm³/mol. The summed E-state index contributed by atoms with van der Waals surface area (Å²) in [6.45, 7) is 7.18. The Bertz CT molecular complexity index is 600. The van der Waals surface area contributed by atoms with Crippen molar-refractivity contribution in [3.05, 3.63) is 44.6 Å². The predicted octanol–water partition coefficient (Wildman–Crippen LogP) is 4.46. The van der Waals surface area contributed by atoms with Crippen molar-refractivity contribution in [1.29, 1.82) is 0 Å². The topological polar surface area (TPSA) is 37.8 Å². The molecule has 2 aromatic rings. The van der Waals surface area contributed by atoms with Crippen LogP contribution in [0, 0.1) is 5.82 Å². The van der Waals surface area contributed by atoms with Gasteiger partial charge in [-0.3, -0.25) is 0 Å². The van der Waals surface area contributed by atoms with E-state index in [1.54, 1.807) is 0 Å². The van der Waals surface area contributed by atoms with Crippen molar-refractivity contribution in [1.82, 2.24) is 14.9 Å². The number of hydrogen-bond donors (Lipinski definition) is 1. The van der Waals surface area contributed by atoms with Crippen molar-refractivity contribution < 1.29 is 4.39 Å². The van der Waals surface area contributed by atoms with E-state index >= 15 is 0 Å². The van der Waals surface area contributed by atoms with E-state index < -0.39 is 0 Å². The number of rotatable bonds is 6. The van der Waals surface area contributed by atoms with E-state index in [1.165, 1.54) is 28.5 Å². The van der Waals surface area contributed by atoms with E-state index in [9.17, 15) is 4.39 Å². The molecule has 1 N–H and O–H groups in total. The lowest BCUT2D eigenvalue weighted by Crippen LogP contribution is -2.23. The molecule has 2 rings (SSSR count). The van der Waals surface area contributed by atoms with Gasteiger partial charge in [0.2, 0.25) is 0 Å². The van der Waals surface area contributed by atoms with Gasteiger partial charge in [-0.25, -0.2) is 4.39 Å². The SMILES string of the molecule is CCNC(Cc1ccc(F)cc1Br)c1snnc1C(C)C. The Balaban J connectivity index is 2.28. The van der Waals surface area contributed by atoms with Gasteiger partial charge in [-0.15, -0.1) is 5.10 Å². The summed E-state index contributed by atoms with van der Waals surface area (Å²) < 4.78 is 18.1. The van der Waals surface area contributed by atoms with Gasteiger partial charge < -0.3 is 5.32 Å². The van der Waals surface area contributed by atoms with Gasteiger partial charge in [0.25, 0.3) is 0 Å². The molecular formula is C15H19BrFN3S. The molecular weight excluding hydrogens is 353 g/mol. The van der Waals surface area contributed by atoms with Crippen molar-refractivity contribution in [2.75, 3.05) is 6.54 Å². The fourth-order valence-electron chi connectivity index (χ4n) is 2.26. The average Bonchev–Trinajstić information content (AvgIpc) is 2.90. The standard InChI is InChI=1S/C15H19BrFN3S/c1-4-18-13(15-14(9(2)3)19-20-21-15)7-10-5-6-11(17)8-12(10)16/h5-6,8-9,13,18H,4,7H2,1-3H3. The van der Waals surface area contributed by atoms with Crippen LogP contribution in [-0.2, 0) is 6.42 Å². The molecule has 114 valence electrons. The number of benzene rings is 1. The van der Waals surface area contributed by atoms with Gasteiger partial charge in [0.15, 0.2) is 0 Å². The second-order valence-electron chi connectivity index (χ2n) is 5.23. The second kappa shape index (κ2) is 7.42. The molecule has 1 aromatic heterocycles. The van der Waals surface area contributed by atoms with Crippen LogP contribution in [0.3, 0.4) is 0 Å². The molecule has 0 fully saturated rings. The summed E-state index contributed by atoms with van der Waals surface area (Å²) in [6.07, 6.45) is 0.776. The lowest BCUT2D eigenvalue weighted by Gasteiger charge is -2.19. The van der Waals surface area contributed by atoms with E-state index in [2.05, 4.69) is 51.6 Å². The Morgan fingerprint density at radius 3 is 2.76 bits per heavy atom. The monoisotopic (exact) mass is 371 g/mol. The van der Waals surface area contributed by atoms with Crippen LogP contribution in [-0.4, -0.2) is 16.1 Å². The molecule has 1 aromatic carbocycles. The van der Waals surface area contributed by atoms with Crippen LogP contribution in [0.25, 0.3) is 0 Å². The third-order valence-electron chi connectivity index (χ3n) is 3.29. The Hall–Kier alpha value is -0.850.